The van der Waals surface area contributed by atoms with E-state index in [2.05, 4.69) is 24.4 Å². The van der Waals surface area contributed by atoms with Gasteiger partial charge < -0.3 is 0 Å². The fourth-order valence-corrected chi connectivity index (χ4v) is 1.77. The van der Waals surface area contributed by atoms with Crippen LogP contribution in [0.25, 0.3) is 0 Å². The smallest absolute Gasteiger partial charge is 0.0684 e. The number of benzene rings is 1. The summed E-state index contributed by atoms with van der Waals surface area (Å²) in [7, 11) is 0. The van der Waals surface area contributed by atoms with E-state index in [4.69, 9.17) is 0 Å². The Morgan fingerprint density at radius 3 is 2.69 bits per heavy atom. The molecule has 1 aromatic rings. The van der Waals surface area contributed by atoms with Crippen molar-refractivity contribution >= 4 is 5.69 Å². The van der Waals surface area contributed by atoms with Crippen LogP contribution >= 0.6 is 0 Å². The minimum atomic E-state index is 0.452. The summed E-state index contributed by atoms with van der Waals surface area (Å²) in [4.78, 5) is 10.9. The van der Waals surface area contributed by atoms with Gasteiger partial charge in [0.15, 0.2) is 0 Å². The van der Waals surface area contributed by atoms with Crippen LogP contribution in [0.15, 0.2) is 59.5 Å². The molecule has 0 aliphatic heterocycles. The van der Waals surface area contributed by atoms with Gasteiger partial charge in [-0.25, -0.2) is 0 Å². The highest BCUT2D eigenvalue weighted by molar-refractivity contribution is 5.53. The van der Waals surface area contributed by atoms with Crippen molar-refractivity contribution in [1.82, 2.24) is 0 Å². The second-order valence-corrected chi connectivity index (χ2v) is 3.94. The van der Waals surface area contributed by atoms with Gasteiger partial charge in [0.2, 0.25) is 0 Å². The maximum atomic E-state index is 10.9. The average Bonchev–Trinajstić information content (AvgIpc) is 2.31. The van der Waals surface area contributed by atoms with E-state index >= 15 is 0 Å². The fraction of sp³-hybridized carbons (Fsp3) is 0.231. The lowest BCUT2D eigenvalue weighted by atomic mass is 10.0. The molecule has 16 heavy (non-hydrogen) atoms. The first kappa shape index (κ1) is 10.6. The lowest BCUT2D eigenvalue weighted by molar-refractivity contribution is 0.721. The summed E-state index contributed by atoms with van der Waals surface area (Å²) >= 11 is 0. The number of anilines is 1. The Hall–Kier alpha value is -1.90. The van der Waals surface area contributed by atoms with Gasteiger partial charge in [-0.1, -0.05) is 37.3 Å². The van der Waals surface area contributed by atoms with Crippen molar-refractivity contribution in [2.75, 3.05) is 5.01 Å². The number of para-hydroxylation sites is 1. The topological polar surface area (TPSA) is 32.7 Å². The van der Waals surface area contributed by atoms with Crippen LogP contribution in [0.1, 0.15) is 13.3 Å². The Morgan fingerprint density at radius 2 is 2.06 bits per heavy atom. The molecule has 1 unspecified atom stereocenters. The molecule has 0 saturated carbocycles. The Balaban J connectivity index is 2.30. The SMILES string of the molecule is CC1C=C(N(N=O)c2ccccc2)C=CC1. The van der Waals surface area contributed by atoms with Crippen LogP contribution in [0.4, 0.5) is 5.69 Å². The summed E-state index contributed by atoms with van der Waals surface area (Å²) in [5.41, 5.74) is 1.64. The Morgan fingerprint density at radius 1 is 1.31 bits per heavy atom. The van der Waals surface area contributed by atoms with Crippen molar-refractivity contribution < 1.29 is 0 Å². The zero-order valence-corrected chi connectivity index (χ0v) is 9.21. The van der Waals surface area contributed by atoms with Crippen molar-refractivity contribution in [2.45, 2.75) is 13.3 Å². The highest BCUT2D eigenvalue weighted by Gasteiger charge is 2.13. The summed E-state index contributed by atoms with van der Waals surface area (Å²) in [6.07, 6.45) is 7.09. The fourth-order valence-electron chi connectivity index (χ4n) is 1.77. The van der Waals surface area contributed by atoms with Crippen LogP contribution < -0.4 is 5.01 Å². The van der Waals surface area contributed by atoms with E-state index in [0.717, 1.165) is 17.8 Å². The van der Waals surface area contributed by atoms with E-state index in [-0.39, 0.29) is 0 Å². The van der Waals surface area contributed by atoms with Crippen LogP contribution in [-0.4, -0.2) is 0 Å². The number of nitroso groups, excluding NO2 is 1. The zero-order valence-electron chi connectivity index (χ0n) is 9.21. The second kappa shape index (κ2) is 4.75. The Bertz CT molecular complexity index is 423. The van der Waals surface area contributed by atoms with Gasteiger partial charge in [0.05, 0.1) is 16.7 Å². The van der Waals surface area contributed by atoms with Gasteiger partial charge >= 0.3 is 0 Å². The summed E-state index contributed by atoms with van der Waals surface area (Å²) in [5, 5.41) is 4.50. The van der Waals surface area contributed by atoms with Crippen LogP contribution in [0.5, 0.6) is 0 Å². The molecule has 0 fully saturated rings. The predicted octanol–water partition coefficient (Wildman–Crippen LogP) is 3.65. The highest BCUT2D eigenvalue weighted by atomic mass is 16.3. The zero-order chi connectivity index (χ0) is 11.4. The molecule has 3 nitrogen and oxygen atoms in total. The maximum absolute atomic E-state index is 10.9. The minimum Gasteiger partial charge on any atom is -0.198 e. The van der Waals surface area contributed by atoms with E-state index < -0.39 is 0 Å². The molecule has 2 rings (SSSR count). The summed E-state index contributed by atoms with van der Waals surface area (Å²) in [6, 6.07) is 9.44. The van der Waals surface area contributed by atoms with Crippen molar-refractivity contribution in [1.29, 1.82) is 0 Å². The highest BCUT2D eigenvalue weighted by Crippen LogP contribution is 2.24. The van der Waals surface area contributed by atoms with Gasteiger partial charge in [0, 0.05) is 0 Å². The third-order valence-corrected chi connectivity index (χ3v) is 2.58. The first-order valence-corrected chi connectivity index (χ1v) is 5.38. The van der Waals surface area contributed by atoms with Gasteiger partial charge in [-0.2, -0.15) is 5.01 Å². The van der Waals surface area contributed by atoms with E-state index in [0.29, 0.717) is 5.92 Å². The molecule has 1 atom stereocenters. The van der Waals surface area contributed by atoms with Gasteiger partial charge in [-0.15, -0.1) is 4.91 Å². The van der Waals surface area contributed by atoms with E-state index in [1.54, 1.807) is 0 Å². The minimum absolute atomic E-state index is 0.452. The number of nitrogens with zero attached hydrogens (tertiary/aromatic N) is 2. The van der Waals surface area contributed by atoms with Crippen LogP contribution in [-0.2, 0) is 0 Å². The number of allylic oxidation sites excluding steroid dienone is 3. The van der Waals surface area contributed by atoms with Gasteiger partial charge in [0.1, 0.15) is 0 Å². The lowest BCUT2D eigenvalue weighted by Crippen LogP contribution is -2.15. The molecule has 0 N–H and O–H groups in total. The molecule has 0 spiro atoms. The third kappa shape index (κ3) is 2.19. The molecule has 0 saturated heterocycles. The number of hydrogen-bond acceptors (Lipinski definition) is 2. The largest absolute Gasteiger partial charge is 0.198 e. The van der Waals surface area contributed by atoms with Crippen LogP contribution in [0, 0.1) is 10.8 Å². The standard InChI is InChI=1S/C13H14N2O/c1-11-6-5-9-13(10-11)15(14-16)12-7-3-2-4-8-12/h2-5,7-11H,6H2,1H3. The van der Waals surface area contributed by atoms with Crippen LogP contribution in [0.3, 0.4) is 0 Å². The first-order chi connectivity index (χ1) is 7.81. The van der Waals surface area contributed by atoms with E-state index in [1.807, 2.05) is 36.4 Å². The summed E-state index contributed by atoms with van der Waals surface area (Å²) in [5.74, 6) is 0.452. The lowest BCUT2D eigenvalue weighted by Gasteiger charge is -2.20. The molecule has 1 aromatic carbocycles. The van der Waals surface area contributed by atoms with Crippen molar-refractivity contribution in [2.24, 2.45) is 11.2 Å². The molecule has 0 aromatic heterocycles. The normalized spacial score (nSPS) is 19.1. The first-order valence-electron chi connectivity index (χ1n) is 5.38. The average molecular weight is 214 g/mol. The molecule has 1 aliphatic rings. The van der Waals surface area contributed by atoms with Crippen LogP contribution in [0.2, 0.25) is 0 Å². The number of hydrogen-bond donors (Lipinski definition) is 0. The van der Waals surface area contributed by atoms with Gasteiger partial charge in [-0.3, -0.25) is 0 Å². The monoisotopic (exact) mass is 214 g/mol. The van der Waals surface area contributed by atoms with E-state index in [1.165, 1.54) is 5.01 Å². The molecule has 0 heterocycles. The van der Waals surface area contributed by atoms with Gasteiger partial charge in [-0.05, 0) is 30.5 Å². The number of rotatable bonds is 3. The third-order valence-electron chi connectivity index (χ3n) is 2.58. The molecule has 1 aliphatic carbocycles. The quantitative estimate of drug-likeness (QED) is 0.568. The summed E-state index contributed by atoms with van der Waals surface area (Å²) < 4.78 is 0. The Kier molecular flexibility index (Phi) is 3.15. The summed E-state index contributed by atoms with van der Waals surface area (Å²) in [6.45, 7) is 2.12. The second-order valence-electron chi connectivity index (χ2n) is 3.94. The van der Waals surface area contributed by atoms with Crippen molar-refractivity contribution in [3.63, 3.8) is 0 Å². The predicted molar refractivity (Wildman–Crippen MR) is 65.7 cm³/mol. The molecular formula is C13H14N2O. The molecule has 0 bridgehead atoms. The van der Waals surface area contributed by atoms with Gasteiger partial charge in [0.25, 0.3) is 0 Å². The van der Waals surface area contributed by atoms with E-state index in [9.17, 15) is 4.91 Å². The molecular weight excluding hydrogens is 200 g/mol. The van der Waals surface area contributed by atoms with Crippen molar-refractivity contribution in [3.8, 4) is 0 Å². The molecule has 3 heteroatoms. The van der Waals surface area contributed by atoms with Crippen molar-refractivity contribution in [3.05, 3.63) is 59.2 Å². The molecule has 0 radical (unpaired) electrons. The maximum Gasteiger partial charge on any atom is 0.0684 e. The molecule has 82 valence electrons. The molecule has 0 amide bonds. The Labute approximate surface area is 95.0 Å².